The Morgan fingerprint density at radius 1 is 1.14 bits per heavy atom. The molecule has 3 nitrogen and oxygen atoms in total. The van der Waals surface area contributed by atoms with Crippen molar-refractivity contribution in [2.45, 2.75) is 13.5 Å². The van der Waals surface area contributed by atoms with Gasteiger partial charge < -0.3 is 9.73 Å². The molecule has 2 aromatic carbocycles. The van der Waals surface area contributed by atoms with Gasteiger partial charge in [0.05, 0.1) is 0 Å². The summed E-state index contributed by atoms with van der Waals surface area (Å²) in [5, 5.41) is 4.30. The largest absolute Gasteiger partial charge is 0.423 e. The van der Waals surface area contributed by atoms with Gasteiger partial charge in [0, 0.05) is 34.2 Å². The van der Waals surface area contributed by atoms with Crippen molar-refractivity contribution < 1.29 is 4.42 Å². The summed E-state index contributed by atoms with van der Waals surface area (Å²) in [6, 6.07) is 15.4. The highest BCUT2D eigenvalue weighted by Gasteiger charge is 2.04. The van der Waals surface area contributed by atoms with E-state index in [4.69, 9.17) is 4.42 Å². The lowest BCUT2D eigenvalue weighted by molar-refractivity contribution is 0.560. The maximum absolute atomic E-state index is 11.4. The summed E-state index contributed by atoms with van der Waals surface area (Å²) in [4.78, 5) is 11.4. The minimum absolute atomic E-state index is 0.317. The molecule has 21 heavy (non-hydrogen) atoms. The van der Waals surface area contributed by atoms with Crippen LogP contribution in [0.4, 0.5) is 5.69 Å². The molecule has 0 atom stereocenters. The van der Waals surface area contributed by atoms with E-state index in [0.717, 1.165) is 21.1 Å². The molecule has 0 radical (unpaired) electrons. The van der Waals surface area contributed by atoms with E-state index in [2.05, 4.69) is 27.3 Å². The molecule has 0 aliphatic rings. The summed E-state index contributed by atoms with van der Waals surface area (Å²) in [7, 11) is 0. The van der Waals surface area contributed by atoms with Crippen LogP contribution in [0.3, 0.4) is 0 Å². The van der Waals surface area contributed by atoms with Gasteiger partial charge in [-0.05, 0) is 36.2 Å². The van der Waals surface area contributed by atoms with E-state index >= 15 is 0 Å². The first-order valence-electron chi connectivity index (χ1n) is 6.65. The third kappa shape index (κ3) is 3.00. The van der Waals surface area contributed by atoms with Crippen LogP contribution < -0.4 is 10.9 Å². The molecule has 0 bridgehead atoms. The van der Waals surface area contributed by atoms with Crippen LogP contribution >= 0.6 is 15.9 Å². The second-order valence-corrected chi connectivity index (χ2v) is 5.76. The highest BCUT2D eigenvalue weighted by Crippen LogP contribution is 2.22. The minimum Gasteiger partial charge on any atom is -0.423 e. The lowest BCUT2D eigenvalue weighted by Gasteiger charge is -2.09. The molecule has 0 aliphatic carbocycles. The van der Waals surface area contributed by atoms with Gasteiger partial charge in [-0.2, -0.15) is 0 Å². The Morgan fingerprint density at radius 3 is 2.76 bits per heavy atom. The second-order valence-electron chi connectivity index (χ2n) is 4.90. The molecule has 0 saturated heterocycles. The van der Waals surface area contributed by atoms with E-state index < -0.39 is 0 Å². The molecule has 1 aromatic heterocycles. The molecule has 0 aliphatic heterocycles. The standard InChI is InChI=1S/C17H14BrNO2/c1-11-8-17(20)21-16-9-13(6-7-14(11)16)19-10-12-4-2-3-5-15(12)18/h2-9,19H,10H2,1H3. The molecule has 0 saturated carbocycles. The van der Waals surface area contributed by atoms with Gasteiger partial charge in [-0.15, -0.1) is 0 Å². The predicted octanol–water partition coefficient (Wildman–Crippen LogP) is 4.48. The van der Waals surface area contributed by atoms with Crippen LogP contribution in [0.5, 0.6) is 0 Å². The van der Waals surface area contributed by atoms with Gasteiger partial charge in [0.25, 0.3) is 0 Å². The molecule has 3 rings (SSSR count). The fourth-order valence-corrected chi connectivity index (χ4v) is 2.70. The molecule has 0 fully saturated rings. The van der Waals surface area contributed by atoms with Crippen LogP contribution in [-0.4, -0.2) is 0 Å². The molecule has 3 aromatic rings. The quantitative estimate of drug-likeness (QED) is 0.713. The summed E-state index contributed by atoms with van der Waals surface area (Å²) in [6.07, 6.45) is 0. The highest BCUT2D eigenvalue weighted by atomic mass is 79.9. The van der Waals surface area contributed by atoms with Crippen LogP contribution in [-0.2, 0) is 6.54 Å². The summed E-state index contributed by atoms with van der Waals surface area (Å²) in [5.74, 6) is 0. The molecule has 0 spiro atoms. The fourth-order valence-electron chi connectivity index (χ4n) is 2.27. The SMILES string of the molecule is Cc1cc(=O)oc2cc(NCc3ccccc3Br)ccc12. The van der Waals surface area contributed by atoms with Crippen molar-refractivity contribution in [3.8, 4) is 0 Å². The number of hydrogen-bond acceptors (Lipinski definition) is 3. The van der Waals surface area contributed by atoms with E-state index in [1.807, 2.05) is 43.3 Å². The zero-order chi connectivity index (χ0) is 14.8. The summed E-state index contributed by atoms with van der Waals surface area (Å²) < 4.78 is 6.32. The van der Waals surface area contributed by atoms with Gasteiger partial charge in [0.2, 0.25) is 0 Å². The zero-order valence-electron chi connectivity index (χ0n) is 11.5. The Morgan fingerprint density at radius 2 is 1.95 bits per heavy atom. The molecule has 106 valence electrons. The number of rotatable bonds is 3. The predicted molar refractivity (Wildman–Crippen MR) is 88.7 cm³/mol. The third-order valence-corrected chi connectivity index (χ3v) is 4.17. The molecule has 0 amide bonds. The van der Waals surface area contributed by atoms with Crippen molar-refractivity contribution in [1.82, 2.24) is 0 Å². The van der Waals surface area contributed by atoms with Crippen molar-refractivity contribution in [2.75, 3.05) is 5.32 Å². The van der Waals surface area contributed by atoms with Gasteiger partial charge in [-0.25, -0.2) is 4.79 Å². The Kier molecular flexibility index (Phi) is 3.80. The van der Waals surface area contributed by atoms with Crippen molar-refractivity contribution in [2.24, 2.45) is 0 Å². The van der Waals surface area contributed by atoms with Crippen molar-refractivity contribution in [3.05, 3.63) is 74.6 Å². The number of fused-ring (bicyclic) bond motifs is 1. The Balaban J connectivity index is 1.88. The number of aryl methyl sites for hydroxylation is 1. The summed E-state index contributed by atoms with van der Waals surface area (Å²) in [5.41, 5.74) is 3.31. The summed E-state index contributed by atoms with van der Waals surface area (Å²) >= 11 is 3.53. The number of benzene rings is 2. The van der Waals surface area contributed by atoms with Crippen LogP contribution in [0.15, 0.2) is 62.2 Å². The topological polar surface area (TPSA) is 42.2 Å². The molecular weight excluding hydrogens is 330 g/mol. The molecule has 1 heterocycles. The van der Waals surface area contributed by atoms with Crippen molar-refractivity contribution >= 4 is 32.6 Å². The van der Waals surface area contributed by atoms with E-state index in [-0.39, 0.29) is 5.63 Å². The Bertz CT molecular complexity index is 855. The normalized spacial score (nSPS) is 10.8. The number of nitrogens with one attached hydrogen (secondary N) is 1. The van der Waals surface area contributed by atoms with Crippen molar-refractivity contribution in [3.63, 3.8) is 0 Å². The monoisotopic (exact) mass is 343 g/mol. The van der Waals surface area contributed by atoms with Crippen molar-refractivity contribution in [1.29, 1.82) is 0 Å². The first-order valence-corrected chi connectivity index (χ1v) is 7.44. The van der Waals surface area contributed by atoms with Gasteiger partial charge in [0.1, 0.15) is 5.58 Å². The maximum Gasteiger partial charge on any atom is 0.336 e. The van der Waals surface area contributed by atoms with Gasteiger partial charge in [-0.1, -0.05) is 34.1 Å². The van der Waals surface area contributed by atoms with E-state index in [1.165, 1.54) is 11.6 Å². The van der Waals surface area contributed by atoms with Crippen LogP contribution in [0.25, 0.3) is 11.0 Å². The first-order chi connectivity index (χ1) is 10.1. The fraction of sp³-hybridized carbons (Fsp3) is 0.118. The van der Waals surface area contributed by atoms with Crippen LogP contribution in [0.1, 0.15) is 11.1 Å². The maximum atomic E-state index is 11.4. The van der Waals surface area contributed by atoms with Gasteiger partial charge in [-0.3, -0.25) is 0 Å². The summed E-state index contributed by atoms with van der Waals surface area (Å²) in [6.45, 7) is 2.61. The molecule has 0 unspecified atom stereocenters. The third-order valence-electron chi connectivity index (χ3n) is 3.39. The first kappa shape index (κ1) is 13.9. The van der Waals surface area contributed by atoms with E-state index in [0.29, 0.717) is 12.1 Å². The van der Waals surface area contributed by atoms with E-state index in [1.54, 1.807) is 0 Å². The zero-order valence-corrected chi connectivity index (χ0v) is 13.1. The lowest BCUT2D eigenvalue weighted by atomic mass is 10.1. The number of hydrogen-bond donors (Lipinski definition) is 1. The average Bonchev–Trinajstić information content (AvgIpc) is 2.46. The second kappa shape index (κ2) is 5.74. The number of halogens is 1. The van der Waals surface area contributed by atoms with Crippen LogP contribution in [0.2, 0.25) is 0 Å². The molecular formula is C17H14BrNO2. The Labute approximate surface area is 130 Å². The van der Waals surface area contributed by atoms with Gasteiger partial charge >= 0.3 is 5.63 Å². The minimum atomic E-state index is -0.317. The van der Waals surface area contributed by atoms with Crippen LogP contribution in [0, 0.1) is 6.92 Å². The lowest BCUT2D eigenvalue weighted by Crippen LogP contribution is -2.01. The van der Waals surface area contributed by atoms with E-state index in [9.17, 15) is 4.79 Å². The highest BCUT2D eigenvalue weighted by molar-refractivity contribution is 9.10. The smallest absolute Gasteiger partial charge is 0.336 e. The average molecular weight is 344 g/mol. The van der Waals surface area contributed by atoms with Gasteiger partial charge in [0.15, 0.2) is 0 Å². The molecule has 1 N–H and O–H groups in total. The Hall–Kier alpha value is -2.07. The number of anilines is 1. The molecule has 4 heteroatoms.